The lowest BCUT2D eigenvalue weighted by Gasteiger charge is -2.22. The number of ether oxygens (including phenoxy) is 1. The van der Waals surface area contributed by atoms with E-state index in [1.165, 1.54) is 0 Å². The van der Waals surface area contributed by atoms with Gasteiger partial charge in [0.05, 0.1) is 21.8 Å². The third kappa shape index (κ3) is 5.34. The molecule has 4 rings (SSSR count). The van der Waals surface area contributed by atoms with Gasteiger partial charge < -0.3 is 19.9 Å². The van der Waals surface area contributed by atoms with Crippen LogP contribution in [0, 0.1) is 0 Å². The highest BCUT2D eigenvalue weighted by Gasteiger charge is 2.27. The first-order valence-corrected chi connectivity index (χ1v) is 11.2. The lowest BCUT2D eigenvalue weighted by Crippen LogP contribution is -2.40. The highest BCUT2D eigenvalue weighted by Crippen LogP contribution is 2.30. The van der Waals surface area contributed by atoms with Crippen molar-refractivity contribution in [3.05, 3.63) is 52.8 Å². The fourth-order valence-corrected chi connectivity index (χ4v) is 3.87. The number of amides is 1. The Labute approximate surface area is 197 Å². The maximum Gasteiger partial charge on any atom is 0.407 e. The van der Waals surface area contributed by atoms with E-state index >= 15 is 0 Å². The van der Waals surface area contributed by atoms with Crippen molar-refractivity contribution >= 4 is 35.1 Å². The van der Waals surface area contributed by atoms with Crippen LogP contribution in [0.25, 0.3) is 22.6 Å². The Balaban J connectivity index is 1.45. The Hall–Kier alpha value is -2.77. The van der Waals surface area contributed by atoms with E-state index in [-0.39, 0.29) is 6.04 Å². The second-order valence-corrected chi connectivity index (χ2v) is 9.56. The molecule has 3 heterocycles. The fourth-order valence-electron chi connectivity index (χ4n) is 3.57. The summed E-state index contributed by atoms with van der Waals surface area (Å²) in [6.07, 6.45) is 4.04. The number of nitrogens with zero attached hydrogens (tertiary/aromatic N) is 3. The largest absolute Gasteiger partial charge is 0.444 e. The van der Waals surface area contributed by atoms with Crippen LogP contribution < -0.4 is 10.2 Å². The monoisotopic (exact) mass is 473 g/mol. The third-order valence-electron chi connectivity index (χ3n) is 5.05. The Morgan fingerprint density at radius 2 is 2.00 bits per heavy atom. The SMILES string of the molecule is CC(C)(C)OC(=O)NC1CCN(c2cc(-c3nc(-c4ccc(Cl)c(Cl)c4)c[nH]3)ccn2)C1. The first kappa shape index (κ1) is 22.4. The van der Waals surface area contributed by atoms with Gasteiger partial charge in [-0.1, -0.05) is 29.3 Å². The molecule has 1 aromatic carbocycles. The Bertz CT molecular complexity index is 1130. The second kappa shape index (κ2) is 9.00. The molecular weight excluding hydrogens is 449 g/mol. The van der Waals surface area contributed by atoms with Gasteiger partial charge in [0.2, 0.25) is 0 Å². The summed E-state index contributed by atoms with van der Waals surface area (Å²) < 4.78 is 5.36. The highest BCUT2D eigenvalue weighted by molar-refractivity contribution is 6.42. The third-order valence-corrected chi connectivity index (χ3v) is 5.78. The van der Waals surface area contributed by atoms with Gasteiger partial charge >= 0.3 is 6.09 Å². The number of anilines is 1. The molecule has 1 aliphatic rings. The predicted octanol–water partition coefficient (Wildman–Crippen LogP) is 5.55. The number of alkyl carbamates (subject to hydrolysis) is 1. The van der Waals surface area contributed by atoms with Crippen molar-refractivity contribution < 1.29 is 9.53 Å². The van der Waals surface area contributed by atoms with Gasteiger partial charge in [-0.3, -0.25) is 0 Å². The van der Waals surface area contributed by atoms with E-state index < -0.39 is 11.7 Å². The van der Waals surface area contributed by atoms with E-state index in [1.54, 1.807) is 18.3 Å². The maximum atomic E-state index is 12.1. The maximum absolute atomic E-state index is 12.1. The van der Waals surface area contributed by atoms with Crippen LogP contribution in [0.4, 0.5) is 10.6 Å². The number of hydrogen-bond donors (Lipinski definition) is 2. The molecule has 0 spiro atoms. The predicted molar refractivity (Wildman–Crippen MR) is 127 cm³/mol. The van der Waals surface area contributed by atoms with Gasteiger partial charge in [-0.2, -0.15) is 0 Å². The summed E-state index contributed by atoms with van der Waals surface area (Å²) in [5, 5.41) is 3.94. The van der Waals surface area contributed by atoms with Crippen molar-refractivity contribution in [1.82, 2.24) is 20.3 Å². The molecule has 7 nitrogen and oxygen atoms in total. The Kier molecular flexibility index (Phi) is 6.31. The van der Waals surface area contributed by atoms with Gasteiger partial charge in [-0.15, -0.1) is 0 Å². The zero-order valence-corrected chi connectivity index (χ0v) is 19.7. The minimum atomic E-state index is -0.516. The number of aromatic nitrogens is 3. The zero-order chi connectivity index (χ0) is 22.9. The normalized spacial score (nSPS) is 16.3. The molecule has 1 amide bonds. The van der Waals surface area contributed by atoms with Gasteiger partial charge in [0, 0.05) is 36.6 Å². The van der Waals surface area contributed by atoms with E-state index in [0.717, 1.165) is 41.4 Å². The Morgan fingerprint density at radius 3 is 2.75 bits per heavy atom. The number of hydrogen-bond acceptors (Lipinski definition) is 5. The number of benzene rings is 1. The minimum absolute atomic E-state index is 0.0141. The highest BCUT2D eigenvalue weighted by atomic mass is 35.5. The molecule has 0 bridgehead atoms. The lowest BCUT2D eigenvalue weighted by molar-refractivity contribution is 0.0509. The van der Waals surface area contributed by atoms with Crippen LogP contribution in [0.5, 0.6) is 0 Å². The quantitative estimate of drug-likeness (QED) is 0.518. The number of halogens is 2. The van der Waals surface area contributed by atoms with Gasteiger partial charge in [0.25, 0.3) is 0 Å². The van der Waals surface area contributed by atoms with E-state index in [2.05, 4.69) is 20.2 Å². The Morgan fingerprint density at radius 1 is 1.19 bits per heavy atom. The molecule has 2 N–H and O–H groups in total. The minimum Gasteiger partial charge on any atom is -0.444 e. The fraction of sp³-hybridized carbons (Fsp3) is 0.348. The molecule has 3 aromatic rings. The van der Waals surface area contributed by atoms with E-state index in [9.17, 15) is 4.79 Å². The van der Waals surface area contributed by atoms with Crippen molar-refractivity contribution in [2.75, 3.05) is 18.0 Å². The number of carbonyl (C=O) groups is 1. The van der Waals surface area contributed by atoms with Crippen LogP contribution in [0.2, 0.25) is 10.0 Å². The summed E-state index contributed by atoms with van der Waals surface area (Å²) in [5.74, 6) is 1.57. The molecule has 0 aliphatic carbocycles. The number of rotatable bonds is 4. The van der Waals surface area contributed by atoms with E-state index in [4.69, 9.17) is 32.9 Å². The average molecular weight is 474 g/mol. The van der Waals surface area contributed by atoms with E-state index in [1.807, 2.05) is 45.2 Å². The van der Waals surface area contributed by atoms with Crippen LogP contribution in [0.3, 0.4) is 0 Å². The van der Waals surface area contributed by atoms with Crippen molar-refractivity contribution in [1.29, 1.82) is 0 Å². The summed E-state index contributed by atoms with van der Waals surface area (Å²) in [5.41, 5.74) is 2.06. The topological polar surface area (TPSA) is 83.1 Å². The van der Waals surface area contributed by atoms with Crippen molar-refractivity contribution in [2.45, 2.75) is 38.8 Å². The summed E-state index contributed by atoms with van der Waals surface area (Å²) in [6.45, 7) is 7.02. The summed E-state index contributed by atoms with van der Waals surface area (Å²) in [6, 6.07) is 9.35. The molecule has 9 heteroatoms. The average Bonchev–Trinajstić information content (AvgIpc) is 3.39. The number of H-pyrrole nitrogens is 1. The summed E-state index contributed by atoms with van der Waals surface area (Å²) >= 11 is 12.2. The molecule has 1 aliphatic heterocycles. The lowest BCUT2D eigenvalue weighted by atomic mass is 10.2. The van der Waals surface area contributed by atoms with Gasteiger partial charge in [-0.25, -0.2) is 14.8 Å². The number of aromatic amines is 1. The first-order valence-electron chi connectivity index (χ1n) is 10.4. The van der Waals surface area contributed by atoms with Crippen molar-refractivity contribution in [2.24, 2.45) is 0 Å². The van der Waals surface area contributed by atoms with E-state index in [0.29, 0.717) is 16.6 Å². The van der Waals surface area contributed by atoms with Crippen LogP contribution in [0.1, 0.15) is 27.2 Å². The number of pyridine rings is 1. The molecule has 0 saturated carbocycles. The standard InChI is InChI=1S/C23H25Cl2N5O2/c1-23(2,3)32-22(31)28-16-7-9-30(13-16)20-11-15(6-8-26-20)21-27-12-19(29-21)14-4-5-17(24)18(25)10-14/h4-6,8,10-12,16H,7,9,13H2,1-3H3,(H,27,29)(H,28,31). The molecule has 1 unspecified atom stereocenters. The number of carbonyl (C=O) groups excluding carboxylic acids is 1. The molecule has 0 radical (unpaired) electrons. The van der Waals surface area contributed by atoms with Gasteiger partial charge in [-0.05, 0) is 51.5 Å². The zero-order valence-electron chi connectivity index (χ0n) is 18.2. The first-order chi connectivity index (χ1) is 15.2. The summed E-state index contributed by atoms with van der Waals surface area (Å²) in [4.78, 5) is 26.6. The van der Waals surface area contributed by atoms with Gasteiger partial charge in [0.1, 0.15) is 17.2 Å². The molecular formula is C23H25Cl2N5O2. The van der Waals surface area contributed by atoms with Crippen LogP contribution >= 0.6 is 23.2 Å². The second-order valence-electron chi connectivity index (χ2n) is 8.74. The number of imidazole rings is 1. The molecule has 1 fully saturated rings. The van der Waals surface area contributed by atoms with Crippen molar-refractivity contribution in [3.8, 4) is 22.6 Å². The van der Waals surface area contributed by atoms with Gasteiger partial charge in [0.15, 0.2) is 0 Å². The van der Waals surface area contributed by atoms with Crippen LogP contribution in [-0.2, 0) is 4.74 Å². The van der Waals surface area contributed by atoms with Crippen molar-refractivity contribution in [3.63, 3.8) is 0 Å². The van der Waals surface area contributed by atoms with Crippen LogP contribution in [-0.4, -0.2) is 45.8 Å². The van der Waals surface area contributed by atoms with Crippen LogP contribution in [0.15, 0.2) is 42.7 Å². The number of nitrogens with one attached hydrogen (secondary N) is 2. The summed E-state index contributed by atoms with van der Waals surface area (Å²) in [7, 11) is 0. The molecule has 1 atom stereocenters. The smallest absolute Gasteiger partial charge is 0.407 e. The molecule has 32 heavy (non-hydrogen) atoms. The molecule has 2 aromatic heterocycles. The molecule has 168 valence electrons. The molecule has 1 saturated heterocycles.